The standard InChI is InChI=1S/C18H18N2O2/c1-2-3-13-22-19-17-15-11-7-8-12-16(15)20(18(17)21)14-9-5-4-6-10-14/h4-12H,2-3,13H2,1H3/b19-17+. The summed E-state index contributed by atoms with van der Waals surface area (Å²) in [6, 6.07) is 17.2. The number of hydrogen-bond acceptors (Lipinski definition) is 3. The van der Waals surface area contributed by atoms with Crippen LogP contribution in [-0.2, 0) is 9.63 Å². The summed E-state index contributed by atoms with van der Waals surface area (Å²) in [5, 5.41) is 4.08. The number of para-hydroxylation sites is 2. The van der Waals surface area contributed by atoms with Crippen LogP contribution in [0.5, 0.6) is 0 Å². The SMILES string of the molecule is CCCCO/N=C1/C(=O)N(c2ccccc2)c2ccccc21. The van der Waals surface area contributed by atoms with Gasteiger partial charge < -0.3 is 4.84 Å². The molecule has 1 aliphatic rings. The van der Waals surface area contributed by atoms with E-state index in [2.05, 4.69) is 12.1 Å². The van der Waals surface area contributed by atoms with E-state index in [-0.39, 0.29) is 5.91 Å². The number of carbonyl (C=O) groups is 1. The Labute approximate surface area is 130 Å². The largest absolute Gasteiger partial charge is 0.395 e. The first-order valence-electron chi connectivity index (χ1n) is 7.51. The Hall–Kier alpha value is -2.62. The molecule has 4 heteroatoms. The zero-order valence-electron chi connectivity index (χ0n) is 12.5. The molecular formula is C18H18N2O2. The van der Waals surface area contributed by atoms with Crippen LogP contribution in [0, 0.1) is 0 Å². The number of fused-ring (bicyclic) bond motifs is 1. The normalized spacial score (nSPS) is 15.2. The van der Waals surface area contributed by atoms with Crippen LogP contribution in [0.4, 0.5) is 11.4 Å². The Balaban J connectivity index is 1.96. The maximum Gasteiger partial charge on any atom is 0.285 e. The van der Waals surface area contributed by atoms with Gasteiger partial charge in [0, 0.05) is 11.3 Å². The maximum atomic E-state index is 12.7. The van der Waals surface area contributed by atoms with Gasteiger partial charge in [0.25, 0.3) is 5.91 Å². The summed E-state index contributed by atoms with van der Waals surface area (Å²) < 4.78 is 0. The predicted molar refractivity (Wildman–Crippen MR) is 87.4 cm³/mol. The molecule has 112 valence electrons. The van der Waals surface area contributed by atoms with Gasteiger partial charge in [0.15, 0.2) is 5.71 Å². The highest BCUT2D eigenvalue weighted by Gasteiger charge is 2.35. The Morgan fingerprint density at radius 1 is 1.05 bits per heavy atom. The maximum absolute atomic E-state index is 12.7. The summed E-state index contributed by atoms with van der Waals surface area (Å²) in [6.07, 6.45) is 1.96. The van der Waals surface area contributed by atoms with Crippen LogP contribution in [-0.4, -0.2) is 18.2 Å². The van der Waals surface area contributed by atoms with Gasteiger partial charge in [0.1, 0.15) is 6.61 Å². The summed E-state index contributed by atoms with van der Waals surface area (Å²) >= 11 is 0. The number of unbranched alkanes of at least 4 members (excludes halogenated alkanes) is 1. The number of oxime groups is 1. The molecule has 2 aromatic rings. The van der Waals surface area contributed by atoms with Gasteiger partial charge >= 0.3 is 0 Å². The molecule has 22 heavy (non-hydrogen) atoms. The van der Waals surface area contributed by atoms with Crippen LogP contribution < -0.4 is 4.90 Å². The third-order valence-electron chi connectivity index (χ3n) is 3.57. The Bertz CT molecular complexity index is 695. The van der Waals surface area contributed by atoms with Gasteiger partial charge in [-0.05, 0) is 24.6 Å². The zero-order valence-corrected chi connectivity index (χ0v) is 12.5. The minimum Gasteiger partial charge on any atom is -0.395 e. The Morgan fingerprint density at radius 3 is 2.55 bits per heavy atom. The van der Waals surface area contributed by atoms with Crippen molar-refractivity contribution < 1.29 is 9.63 Å². The van der Waals surface area contributed by atoms with E-state index in [1.807, 2.05) is 54.6 Å². The van der Waals surface area contributed by atoms with Crippen LogP contribution in [0.15, 0.2) is 59.8 Å². The van der Waals surface area contributed by atoms with E-state index >= 15 is 0 Å². The van der Waals surface area contributed by atoms with Crippen molar-refractivity contribution in [3.05, 3.63) is 60.2 Å². The fourth-order valence-corrected chi connectivity index (χ4v) is 2.44. The molecule has 0 aliphatic carbocycles. The number of rotatable bonds is 5. The molecule has 0 bridgehead atoms. The first kappa shape index (κ1) is 14.3. The summed E-state index contributed by atoms with van der Waals surface area (Å²) in [5.74, 6) is -0.149. The van der Waals surface area contributed by atoms with Crippen molar-refractivity contribution in [1.29, 1.82) is 0 Å². The van der Waals surface area contributed by atoms with Crippen molar-refractivity contribution in [3.63, 3.8) is 0 Å². The second-order valence-electron chi connectivity index (χ2n) is 5.12. The van der Waals surface area contributed by atoms with Crippen molar-refractivity contribution in [1.82, 2.24) is 0 Å². The summed E-state index contributed by atoms with van der Waals surface area (Å²) in [5.41, 5.74) is 2.86. The van der Waals surface area contributed by atoms with Crippen molar-refractivity contribution in [3.8, 4) is 0 Å². The zero-order chi connectivity index (χ0) is 15.4. The lowest BCUT2D eigenvalue weighted by molar-refractivity contribution is -0.111. The molecule has 0 atom stereocenters. The first-order valence-corrected chi connectivity index (χ1v) is 7.51. The molecule has 0 radical (unpaired) electrons. The van der Waals surface area contributed by atoms with E-state index in [0.29, 0.717) is 12.3 Å². The van der Waals surface area contributed by atoms with Crippen molar-refractivity contribution in [2.75, 3.05) is 11.5 Å². The third-order valence-corrected chi connectivity index (χ3v) is 3.57. The van der Waals surface area contributed by atoms with Gasteiger partial charge in [0.2, 0.25) is 0 Å². The lowest BCUT2D eigenvalue weighted by Gasteiger charge is -2.16. The summed E-state index contributed by atoms with van der Waals surface area (Å²) in [4.78, 5) is 19.7. The highest BCUT2D eigenvalue weighted by atomic mass is 16.6. The molecule has 0 spiro atoms. The monoisotopic (exact) mass is 294 g/mol. The van der Waals surface area contributed by atoms with Crippen molar-refractivity contribution in [2.24, 2.45) is 5.16 Å². The fraction of sp³-hybridized carbons (Fsp3) is 0.222. The third kappa shape index (κ3) is 2.60. The highest BCUT2D eigenvalue weighted by molar-refractivity contribution is 6.55. The van der Waals surface area contributed by atoms with Crippen molar-refractivity contribution >= 4 is 23.0 Å². The second-order valence-corrected chi connectivity index (χ2v) is 5.12. The topological polar surface area (TPSA) is 41.9 Å². The molecule has 0 saturated carbocycles. The molecule has 1 amide bonds. The summed E-state index contributed by atoms with van der Waals surface area (Å²) in [6.45, 7) is 2.62. The van der Waals surface area contributed by atoms with Crippen LogP contribution >= 0.6 is 0 Å². The van der Waals surface area contributed by atoms with Crippen LogP contribution in [0.1, 0.15) is 25.3 Å². The predicted octanol–water partition coefficient (Wildman–Crippen LogP) is 3.89. The highest BCUT2D eigenvalue weighted by Crippen LogP contribution is 2.35. The minimum absolute atomic E-state index is 0.149. The lowest BCUT2D eigenvalue weighted by atomic mass is 10.1. The lowest BCUT2D eigenvalue weighted by Crippen LogP contribution is -2.25. The average molecular weight is 294 g/mol. The minimum atomic E-state index is -0.149. The molecular weight excluding hydrogens is 276 g/mol. The quantitative estimate of drug-likeness (QED) is 0.620. The molecule has 4 nitrogen and oxygen atoms in total. The van der Waals surface area contributed by atoms with Gasteiger partial charge in [-0.1, -0.05) is 54.9 Å². The molecule has 3 rings (SSSR count). The van der Waals surface area contributed by atoms with Crippen LogP contribution in [0.3, 0.4) is 0 Å². The first-order chi connectivity index (χ1) is 10.8. The number of hydrogen-bond donors (Lipinski definition) is 0. The molecule has 0 N–H and O–H groups in total. The Morgan fingerprint density at radius 2 is 1.77 bits per heavy atom. The molecule has 0 aromatic heterocycles. The van der Waals surface area contributed by atoms with Crippen molar-refractivity contribution in [2.45, 2.75) is 19.8 Å². The van der Waals surface area contributed by atoms with E-state index < -0.39 is 0 Å². The van der Waals surface area contributed by atoms with E-state index in [1.165, 1.54) is 0 Å². The number of amides is 1. The Kier molecular flexibility index (Phi) is 4.19. The number of carbonyl (C=O) groups excluding carboxylic acids is 1. The fourth-order valence-electron chi connectivity index (χ4n) is 2.44. The van der Waals surface area contributed by atoms with Gasteiger partial charge in [-0.3, -0.25) is 9.69 Å². The molecule has 0 unspecified atom stereocenters. The molecule has 0 saturated heterocycles. The number of benzene rings is 2. The molecule has 2 aromatic carbocycles. The second kappa shape index (κ2) is 6.43. The molecule has 1 aliphatic heterocycles. The smallest absolute Gasteiger partial charge is 0.285 e. The van der Waals surface area contributed by atoms with Crippen LogP contribution in [0.25, 0.3) is 0 Å². The van der Waals surface area contributed by atoms with E-state index in [9.17, 15) is 4.79 Å². The average Bonchev–Trinajstić information content (AvgIpc) is 2.84. The number of nitrogens with zero attached hydrogens (tertiary/aromatic N) is 2. The van der Waals surface area contributed by atoms with Gasteiger partial charge in [-0.15, -0.1) is 0 Å². The van der Waals surface area contributed by atoms with E-state index in [0.717, 1.165) is 29.8 Å². The van der Waals surface area contributed by atoms with E-state index in [4.69, 9.17) is 4.84 Å². The number of anilines is 2. The van der Waals surface area contributed by atoms with Crippen LogP contribution in [0.2, 0.25) is 0 Å². The summed E-state index contributed by atoms with van der Waals surface area (Å²) in [7, 11) is 0. The molecule has 1 heterocycles. The van der Waals surface area contributed by atoms with Gasteiger partial charge in [-0.2, -0.15) is 0 Å². The molecule has 0 fully saturated rings. The van der Waals surface area contributed by atoms with Gasteiger partial charge in [-0.25, -0.2) is 0 Å². The van der Waals surface area contributed by atoms with E-state index in [1.54, 1.807) is 4.90 Å². The van der Waals surface area contributed by atoms with Gasteiger partial charge in [0.05, 0.1) is 5.69 Å².